The van der Waals surface area contributed by atoms with Crippen molar-refractivity contribution in [1.82, 2.24) is 14.9 Å². The quantitative estimate of drug-likeness (QED) is 0.894. The molecule has 0 aromatic carbocycles. The number of carbonyl (C=O) groups is 1. The van der Waals surface area contributed by atoms with Crippen LogP contribution in [0, 0.1) is 0 Å². The molecule has 2 rings (SSSR count). The van der Waals surface area contributed by atoms with E-state index in [1.807, 2.05) is 25.1 Å². The minimum Gasteiger partial charge on any atom is -0.373 e. The van der Waals surface area contributed by atoms with E-state index >= 15 is 0 Å². The first-order chi connectivity index (χ1) is 9.81. The van der Waals surface area contributed by atoms with E-state index < -0.39 is 0 Å². The van der Waals surface area contributed by atoms with E-state index in [2.05, 4.69) is 36.1 Å². The van der Waals surface area contributed by atoms with Gasteiger partial charge in [-0.05, 0) is 6.42 Å². The first kappa shape index (κ1) is 15.5. The fourth-order valence-corrected chi connectivity index (χ4v) is 2.24. The Balaban J connectivity index is 2.36. The molecule has 0 radical (unpaired) electrons. The van der Waals surface area contributed by atoms with E-state index in [-0.39, 0.29) is 11.3 Å². The Morgan fingerprint density at radius 1 is 1.24 bits per heavy atom. The van der Waals surface area contributed by atoms with E-state index in [1.165, 1.54) is 0 Å². The number of hydrogen-bond acceptors (Lipinski definition) is 5. The first-order valence-electron chi connectivity index (χ1n) is 7.37. The zero-order valence-corrected chi connectivity index (χ0v) is 13.6. The minimum atomic E-state index is -0.131. The van der Waals surface area contributed by atoms with Crippen LogP contribution in [-0.4, -0.2) is 54.5 Å². The topological polar surface area (TPSA) is 61.4 Å². The predicted molar refractivity (Wildman–Crippen MR) is 84.7 cm³/mol. The Morgan fingerprint density at radius 3 is 2.57 bits per heavy atom. The number of aromatic nitrogens is 2. The second-order valence-corrected chi connectivity index (χ2v) is 6.53. The van der Waals surface area contributed by atoms with Crippen LogP contribution in [0.5, 0.6) is 0 Å². The highest BCUT2D eigenvalue weighted by molar-refractivity contribution is 5.81. The third-order valence-corrected chi connectivity index (χ3v) is 3.64. The molecule has 0 unspecified atom stereocenters. The summed E-state index contributed by atoms with van der Waals surface area (Å²) in [4.78, 5) is 25.1. The molecular formula is C15H25N5O. The number of nitrogens with zero attached hydrogens (tertiary/aromatic N) is 4. The summed E-state index contributed by atoms with van der Waals surface area (Å²) in [6.07, 6.45) is 0.950. The van der Waals surface area contributed by atoms with Crippen molar-refractivity contribution < 1.29 is 4.79 Å². The van der Waals surface area contributed by atoms with Gasteiger partial charge < -0.3 is 15.1 Å². The van der Waals surface area contributed by atoms with E-state index in [9.17, 15) is 4.79 Å². The Hall–Kier alpha value is -1.85. The van der Waals surface area contributed by atoms with Crippen LogP contribution in [0.15, 0.2) is 6.07 Å². The van der Waals surface area contributed by atoms with Gasteiger partial charge in [0.1, 0.15) is 17.5 Å². The van der Waals surface area contributed by atoms with Crippen molar-refractivity contribution in [1.29, 1.82) is 0 Å². The molecule has 1 saturated heterocycles. The van der Waals surface area contributed by atoms with Crippen LogP contribution in [0.3, 0.4) is 0 Å². The van der Waals surface area contributed by atoms with Crippen molar-refractivity contribution in [3.05, 3.63) is 11.9 Å². The maximum atomic E-state index is 12.1. The largest absolute Gasteiger partial charge is 0.373 e. The molecule has 1 aromatic heterocycles. The number of anilines is 2. The van der Waals surface area contributed by atoms with Gasteiger partial charge in [-0.1, -0.05) is 20.8 Å². The highest BCUT2D eigenvalue weighted by Crippen LogP contribution is 2.24. The van der Waals surface area contributed by atoms with Gasteiger partial charge in [0.05, 0.1) is 6.54 Å². The van der Waals surface area contributed by atoms with Crippen molar-refractivity contribution in [3.63, 3.8) is 0 Å². The van der Waals surface area contributed by atoms with Crippen LogP contribution in [0.25, 0.3) is 0 Å². The Kier molecular flexibility index (Phi) is 4.34. The number of nitrogens with one attached hydrogen (secondary N) is 1. The summed E-state index contributed by atoms with van der Waals surface area (Å²) in [6, 6.07) is 1.91. The van der Waals surface area contributed by atoms with Crippen LogP contribution < -0.4 is 10.2 Å². The molecule has 0 saturated carbocycles. The van der Waals surface area contributed by atoms with Crippen LogP contribution in [0.2, 0.25) is 0 Å². The molecule has 6 heteroatoms. The molecule has 1 aliphatic rings. The maximum Gasteiger partial charge on any atom is 0.241 e. The van der Waals surface area contributed by atoms with Crippen LogP contribution in [0.4, 0.5) is 11.6 Å². The second kappa shape index (κ2) is 5.87. The summed E-state index contributed by atoms with van der Waals surface area (Å²) in [6.45, 7) is 8.28. The van der Waals surface area contributed by atoms with Gasteiger partial charge in [-0.15, -0.1) is 0 Å². The summed E-state index contributed by atoms with van der Waals surface area (Å²) in [7, 11) is 3.70. The standard InChI is InChI=1S/C15H25N5O/c1-15(2,3)14-17-11(16-4)9-12(18-14)20-8-6-7-19(5)13(21)10-20/h9H,6-8,10H2,1-5H3,(H,16,17,18). The van der Waals surface area contributed by atoms with Crippen molar-refractivity contribution in [2.45, 2.75) is 32.6 Å². The molecule has 1 amide bonds. The van der Waals surface area contributed by atoms with Crippen molar-refractivity contribution in [2.24, 2.45) is 0 Å². The fourth-order valence-electron chi connectivity index (χ4n) is 2.24. The molecule has 1 aromatic rings. The van der Waals surface area contributed by atoms with Gasteiger partial charge in [0.2, 0.25) is 5.91 Å². The molecule has 1 N–H and O–H groups in total. The number of amides is 1. The lowest BCUT2D eigenvalue weighted by Crippen LogP contribution is -2.35. The maximum absolute atomic E-state index is 12.1. The zero-order chi connectivity index (χ0) is 15.6. The van der Waals surface area contributed by atoms with Gasteiger partial charge in [0.15, 0.2) is 0 Å². The SMILES string of the molecule is CNc1cc(N2CCCN(C)C(=O)C2)nc(C(C)(C)C)n1. The van der Waals surface area contributed by atoms with E-state index in [4.69, 9.17) is 0 Å². The normalized spacial score (nSPS) is 16.9. The summed E-state index contributed by atoms with van der Waals surface area (Å²) in [5, 5.41) is 3.08. The average molecular weight is 291 g/mol. The number of carbonyl (C=O) groups excluding carboxylic acids is 1. The molecule has 1 aliphatic heterocycles. The monoisotopic (exact) mass is 291 g/mol. The number of likely N-dealkylation sites (N-methyl/N-ethyl adjacent to an activating group) is 1. The minimum absolute atomic E-state index is 0.131. The fraction of sp³-hybridized carbons (Fsp3) is 0.667. The molecule has 116 valence electrons. The zero-order valence-electron chi connectivity index (χ0n) is 13.6. The van der Waals surface area contributed by atoms with Crippen LogP contribution >= 0.6 is 0 Å². The summed E-state index contributed by atoms with van der Waals surface area (Å²) in [5.41, 5.74) is -0.131. The molecule has 0 aliphatic carbocycles. The smallest absolute Gasteiger partial charge is 0.241 e. The summed E-state index contributed by atoms with van der Waals surface area (Å²) < 4.78 is 0. The van der Waals surface area contributed by atoms with Gasteiger partial charge in [-0.25, -0.2) is 9.97 Å². The first-order valence-corrected chi connectivity index (χ1v) is 7.37. The number of hydrogen-bond donors (Lipinski definition) is 1. The molecule has 0 atom stereocenters. The molecule has 0 spiro atoms. The second-order valence-electron chi connectivity index (χ2n) is 6.53. The number of rotatable bonds is 2. The Labute approximate surface area is 126 Å². The predicted octanol–water partition coefficient (Wildman–Crippen LogP) is 1.48. The van der Waals surface area contributed by atoms with Crippen molar-refractivity contribution in [2.75, 3.05) is 43.9 Å². The van der Waals surface area contributed by atoms with E-state index in [0.717, 1.165) is 37.0 Å². The lowest BCUT2D eigenvalue weighted by molar-refractivity contribution is -0.127. The van der Waals surface area contributed by atoms with Crippen LogP contribution in [-0.2, 0) is 10.2 Å². The molecule has 6 nitrogen and oxygen atoms in total. The average Bonchev–Trinajstić information content (AvgIpc) is 2.60. The van der Waals surface area contributed by atoms with Gasteiger partial charge in [-0.3, -0.25) is 4.79 Å². The van der Waals surface area contributed by atoms with E-state index in [0.29, 0.717) is 6.54 Å². The molecule has 0 bridgehead atoms. The van der Waals surface area contributed by atoms with Gasteiger partial charge in [0, 0.05) is 38.7 Å². The Morgan fingerprint density at radius 2 is 1.95 bits per heavy atom. The van der Waals surface area contributed by atoms with E-state index in [1.54, 1.807) is 4.90 Å². The van der Waals surface area contributed by atoms with Gasteiger partial charge >= 0.3 is 0 Å². The van der Waals surface area contributed by atoms with Crippen LogP contribution in [0.1, 0.15) is 33.0 Å². The van der Waals surface area contributed by atoms with Gasteiger partial charge in [0.25, 0.3) is 0 Å². The molecule has 21 heavy (non-hydrogen) atoms. The lowest BCUT2D eigenvalue weighted by Gasteiger charge is -2.24. The molecule has 2 heterocycles. The Bertz CT molecular complexity index is 523. The highest BCUT2D eigenvalue weighted by Gasteiger charge is 2.24. The molecule has 1 fully saturated rings. The third kappa shape index (κ3) is 3.62. The lowest BCUT2D eigenvalue weighted by atomic mass is 9.96. The van der Waals surface area contributed by atoms with Gasteiger partial charge in [-0.2, -0.15) is 0 Å². The third-order valence-electron chi connectivity index (χ3n) is 3.64. The molecular weight excluding hydrogens is 266 g/mol. The van der Waals surface area contributed by atoms with Crippen molar-refractivity contribution >= 4 is 17.5 Å². The van der Waals surface area contributed by atoms with Crippen molar-refractivity contribution in [3.8, 4) is 0 Å². The summed E-state index contributed by atoms with van der Waals surface area (Å²) in [5.74, 6) is 2.53. The summed E-state index contributed by atoms with van der Waals surface area (Å²) >= 11 is 0. The highest BCUT2D eigenvalue weighted by atomic mass is 16.2.